The van der Waals surface area contributed by atoms with E-state index in [1.807, 2.05) is 24.3 Å². The quantitative estimate of drug-likeness (QED) is 0.245. The van der Waals surface area contributed by atoms with Crippen molar-refractivity contribution < 1.29 is 24.4 Å². The molecule has 0 saturated carbocycles. The fourth-order valence-corrected chi connectivity index (χ4v) is 4.26. The number of dihydropyridines is 1. The van der Waals surface area contributed by atoms with Crippen LogP contribution in [0.3, 0.4) is 0 Å². The van der Waals surface area contributed by atoms with Gasteiger partial charge in [0.2, 0.25) is 0 Å². The molecule has 1 atom stereocenters. The van der Waals surface area contributed by atoms with E-state index in [1.165, 1.54) is 24.5 Å². The van der Waals surface area contributed by atoms with Gasteiger partial charge in [0.05, 0.1) is 28.5 Å². The SMILES string of the molecule is CC1=C(C(=O)O)C(c2cccc([N+](=O)[O-])c2)C(C(=O)OC/C=C/c2ccc(Cn3cnnn3)cc2)=C(C)N1. The van der Waals surface area contributed by atoms with Gasteiger partial charge in [-0.3, -0.25) is 10.1 Å². The average Bonchev–Trinajstić information content (AvgIpc) is 3.40. The van der Waals surface area contributed by atoms with Crippen molar-refractivity contribution in [2.75, 3.05) is 6.61 Å². The molecule has 0 spiro atoms. The van der Waals surface area contributed by atoms with Gasteiger partial charge in [-0.25, -0.2) is 14.3 Å². The number of ether oxygens (including phenoxy) is 1. The number of hydrogen-bond donors (Lipinski definition) is 2. The Morgan fingerprint density at radius 2 is 1.89 bits per heavy atom. The van der Waals surface area contributed by atoms with E-state index in [0.29, 0.717) is 23.5 Å². The topological polar surface area (TPSA) is 162 Å². The van der Waals surface area contributed by atoms with Gasteiger partial charge in [-0.15, -0.1) is 5.10 Å². The molecule has 2 aromatic carbocycles. The number of nitrogens with zero attached hydrogens (tertiary/aromatic N) is 5. The second-order valence-electron chi connectivity index (χ2n) is 8.54. The third kappa shape index (κ3) is 5.81. The predicted molar refractivity (Wildman–Crippen MR) is 135 cm³/mol. The number of benzene rings is 2. The maximum Gasteiger partial charge on any atom is 0.337 e. The molecule has 12 nitrogen and oxygen atoms in total. The van der Waals surface area contributed by atoms with E-state index in [1.54, 1.807) is 36.7 Å². The van der Waals surface area contributed by atoms with Crippen LogP contribution in [0.1, 0.15) is 36.5 Å². The number of carboxylic acid groups (broad SMARTS) is 1. The number of nitrogens with one attached hydrogen (secondary N) is 1. The number of carbonyl (C=O) groups is 2. The molecular formula is C26H24N6O6. The third-order valence-electron chi connectivity index (χ3n) is 5.96. The lowest BCUT2D eigenvalue weighted by molar-refractivity contribution is -0.384. The Morgan fingerprint density at radius 3 is 2.55 bits per heavy atom. The highest BCUT2D eigenvalue weighted by molar-refractivity contribution is 5.99. The van der Waals surface area contributed by atoms with Gasteiger partial charge in [0.25, 0.3) is 5.69 Å². The van der Waals surface area contributed by atoms with Crippen molar-refractivity contribution in [3.05, 3.63) is 110 Å². The first-order valence-corrected chi connectivity index (χ1v) is 11.5. The number of tetrazole rings is 1. The molecule has 0 amide bonds. The molecule has 1 aliphatic rings. The number of aliphatic carboxylic acids is 1. The maximum absolute atomic E-state index is 13.2. The number of aromatic nitrogens is 4. The van der Waals surface area contributed by atoms with E-state index in [4.69, 9.17) is 4.74 Å². The van der Waals surface area contributed by atoms with Crippen LogP contribution < -0.4 is 5.32 Å². The van der Waals surface area contributed by atoms with Crippen LogP contribution in [0.25, 0.3) is 6.08 Å². The van der Waals surface area contributed by atoms with Crippen LogP contribution in [0.2, 0.25) is 0 Å². The van der Waals surface area contributed by atoms with Crippen LogP contribution in [0.5, 0.6) is 0 Å². The lowest BCUT2D eigenvalue weighted by Gasteiger charge is -2.29. The summed E-state index contributed by atoms with van der Waals surface area (Å²) in [5.41, 5.74) is 2.74. The molecule has 12 heteroatoms. The molecule has 2 heterocycles. The van der Waals surface area contributed by atoms with Crippen LogP contribution in [0, 0.1) is 10.1 Å². The lowest BCUT2D eigenvalue weighted by Crippen LogP contribution is -2.31. The molecule has 0 saturated heterocycles. The molecule has 3 aromatic rings. The summed E-state index contributed by atoms with van der Waals surface area (Å²) in [5, 5.41) is 35.2. The molecule has 4 rings (SSSR count). The minimum atomic E-state index is -1.24. The summed E-state index contributed by atoms with van der Waals surface area (Å²) in [4.78, 5) is 36.1. The van der Waals surface area contributed by atoms with Gasteiger partial charge >= 0.3 is 11.9 Å². The number of rotatable bonds is 9. The Balaban J connectivity index is 1.49. The highest BCUT2D eigenvalue weighted by Crippen LogP contribution is 2.39. The van der Waals surface area contributed by atoms with E-state index in [-0.39, 0.29) is 23.4 Å². The standard InChI is InChI=1S/C26H24N6O6/c1-16-22(25(33)34)24(20-6-3-7-21(13-20)32(36)37)23(17(2)28-16)26(35)38-12-4-5-18-8-10-19(11-9-18)14-31-15-27-29-30-31/h3-11,13,15,24,28H,12,14H2,1-2H3,(H,33,34)/b5-4+. The van der Waals surface area contributed by atoms with Crippen LogP contribution in [-0.2, 0) is 20.9 Å². The van der Waals surface area contributed by atoms with Crippen molar-refractivity contribution in [1.82, 2.24) is 25.5 Å². The molecule has 0 aliphatic carbocycles. The zero-order valence-electron chi connectivity index (χ0n) is 20.6. The van der Waals surface area contributed by atoms with Crippen LogP contribution in [-0.4, -0.2) is 48.8 Å². The highest BCUT2D eigenvalue weighted by atomic mass is 16.6. The van der Waals surface area contributed by atoms with Crippen molar-refractivity contribution in [2.45, 2.75) is 26.3 Å². The molecule has 1 aliphatic heterocycles. The monoisotopic (exact) mass is 516 g/mol. The summed E-state index contributed by atoms with van der Waals surface area (Å²) >= 11 is 0. The predicted octanol–water partition coefficient (Wildman–Crippen LogP) is 3.21. The Morgan fingerprint density at radius 1 is 1.16 bits per heavy atom. The normalized spacial score (nSPS) is 15.5. The molecule has 0 fully saturated rings. The van der Waals surface area contributed by atoms with Crippen molar-refractivity contribution >= 4 is 23.7 Å². The minimum absolute atomic E-state index is 0.0608. The average molecular weight is 517 g/mol. The summed E-state index contributed by atoms with van der Waals surface area (Å²) in [7, 11) is 0. The summed E-state index contributed by atoms with van der Waals surface area (Å²) in [5.74, 6) is -3.01. The Labute approximate surface area is 217 Å². The molecule has 194 valence electrons. The number of allylic oxidation sites excluding steroid dienone is 2. The van der Waals surface area contributed by atoms with Crippen LogP contribution in [0.4, 0.5) is 5.69 Å². The zero-order valence-corrected chi connectivity index (χ0v) is 20.6. The van der Waals surface area contributed by atoms with E-state index >= 15 is 0 Å². The van der Waals surface area contributed by atoms with Gasteiger partial charge < -0.3 is 15.2 Å². The fourth-order valence-electron chi connectivity index (χ4n) is 4.26. The Kier molecular flexibility index (Phi) is 7.71. The number of nitro benzene ring substituents is 1. The van der Waals surface area contributed by atoms with Gasteiger partial charge in [-0.2, -0.15) is 0 Å². The molecule has 38 heavy (non-hydrogen) atoms. The number of hydrogen-bond acceptors (Lipinski definition) is 9. The van der Waals surface area contributed by atoms with Crippen LogP contribution in [0.15, 0.2) is 83.5 Å². The van der Waals surface area contributed by atoms with Crippen molar-refractivity contribution in [3.8, 4) is 0 Å². The van der Waals surface area contributed by atoms with Gasteiger partial charge in [-0.1, -0.05) is 42.5 Å². The molecule has 1 aromatic heterocycles. The number of nitro groups is 1. The summed E-state index contributed by atoms with van der Waals surface area (Å²) in [6.07, 6.45) is 4.99. The first kappa shape index (κ1) is 25.9. The van der Waals surface area contributed by atoms with E-state index < -0.39 is 22.8 Å². The van der Waals surface area contributed by atoms with Gasteiger partial charge in [0.15, 0.2) is 0 Å². The van der Waals surface area contributed by atoms with Crippen molar-refractivity contribution in [3.63, 3.8) is 0 Å². The zero-order chi connectivity index (χ0) is 27.2. The number of non-ortho nitro benzene ring substituents is 1. The molecular weight excluding hydrogens is 492 g/mol. The molecule has 2 N–H and O–H groups in total. The van der Waals surface area contributed by atoms with Crippen molar-refractivity contribution in [1.29, 1.82) is 0 Å². The van der Waals surface area contributed by atoms with Crippen molar-refractivity contribution in [2.24, 2.45) is 0 Å². The first-order valence-electron chi connectivity index (χ1n) is 11.5. The highest BCUT2D eigenvalue weighted by Gasteiger charge is 2.37. The summed E-state index contributed by atoms with van der Waals surface area (Å²) in [6.45, 7) is 3.69. The largest absolute Gasteiger partial charge is 0.478 e. The fraction of sp³-hybridized carbons (Fsp3) is 0.192. The maximum atomic E-state index is 13.2. The lowest BCUT2D eigenvalue weighted by atomic mass is 9.80. The molecule has 1 unspecified atom stereocenters. The summed E-state index contributed by atoms with van der Waals surface area (Å²) in [6, 6.07) is 13.3. The van der Waals surface area contributed by atoms with E-state index in [9.17, 15) is 24.8 Å². The third-order valence-corrected chi connectivity index (χ3v) is 5.96. The molecule has 0 bridgehead atoms. The number of esters is 1. The Hall–Kier alpha value is -5.13. The minimum Gasteiger partial charge on any atom is -0.478 e. The molecule has 0 radical (unpaired) electrons. The first-order chi connectivity index (χ1) is 18.2. The Bertz CT molecular complexity index is 1460. The summed E-state index contributed by atoms with van der Waals surface area (Å²) < 4.78 is 7.07. The van der Waals surface area contributed by atoms with Gasteiger partial charge in [-0.05, 0) is 47.0 Å². The number of carbonyl (C=O) groups excluding carboxylic acids is 1. The van der Waals surface area contributed by atoms with E-state index in [0.717, 1.165) is 11.1 Å². The number of carboxylic acids is 1. The van der Waals surface area contributed by atoms with Crippen LogP contribution >= 0.6 is 0 Å². The second-order valence-corrected chi connectivity index (χ2v) is 8.54. The second kappa shape index (κ2) is 11.3. The van der Waals surface area contributed by atoms with Gasteiger partial charge in [0, 0.05) is 23.5 Å². The van der Waals surface area contributed by atoms with Gasteiger partial charge in [0.1, 0.15) is 12.9 Å². The smallest absolute Gasteiger partial charge is 0.337 e. The van der Waals surface area contributed by atoms with E-state index in [2.05, 4.69) is 20.8 Å².